The van der Waals surface area contributed by atoms with E-state index in [4.69, 9.17) is 9.63 Å². The predicted molar refractivity (Wildman–Crippen MR) is 72.9 cm³/mol. The minimum atomic E-state index is -0.743. The first-order valence-corrected chi connectivity index (χ1v) is 6.82. The number of benzene rings is 1. The Labute approximate surface area is 118 Å². The van der Waals surface area contributed by atoms with Crippen molar-refractivity contribution in [1.82, 2.24) is 5.16 Å². The fraction of sp³-hybridized carbons (Fsp3) is 0.286. The molecule has 1 heterocycles. The van der Waals surface area contributed by atoms with Crippen LogP contribution in [0.5, 0.6) is 0 Å². The molecule has 0 bridgehead atoms. The molecule has 1 aromatic carbocycles. The fourth-order valence-corrected chi connectivity index (χ4v) is 2.67. The fourth-order valence-electron chi connectivity index (χ4n) is 2.41. The van der Waals surface area contributed by atoms with E-state index in [2.05, 4.69) is 21.1 Å². The summed E-state index contributed by atoms with van der Waals surface area (Å²) in [6.07, 6.45) is 0.668. The summed E-state index contributed by atoms with van der Waals surface area (Å²) in [6, 6.07) is 7.73. The summed E-state index contributed by atoms with van der Waals surface area (Å²) in [6.45, 7) is 1.86. The lowest BCUT2D eigenvalue weighted by Gasteiger charge is -2.01. The van der Waals surface area contributed by atoms with E-state index in [1.807, 2.05) is 31.2 Å². The molecule has 0 saturated heterocycles. The summed E-state index contributed by atoms with van der Waals surface area (Å²) in [5, 5.41) is 13.0. The maximum Gasteiger partial charge on any atom is 0.307 e. The number of hydrogen-bond donors (Lipinski definition) is 1. The lowest BCUT2D eigenvalue weighted by Crippen LogP contribution is -1.99. The third-order valence-electron chi connectivity index (χ3n) is 3.49. The van der Waals surface area contributed by atoms with Crippen LogP contribution in [-0.2, 0) is 4.79 Å². The Bertz CT molecular complexity index is 633. The Morgan fingerprint density at radius 3 is 2.68 bits per heavy atom. The molecule has 5 heteroatoms. The molecule has 0 radical (unpaired) electrons. The number of carbonyl (C=O) groups is 1. The maximum atomic E-state index is 11.0. The molecule has 2 atom stereocenters. The van der Waals surface area contributed by atoms with Gasteiger partial charge in [0.1, 0.15) is 0 Å². The van der Waals surface area contributed by atoms with E-state index < -0.39 is 5.97 Å². The number of aryl methyl sites for hydroxylation is 1. The van der Waals surface area contributed by atoms with Gasteiger partial charge in [0.15, 0.2) is 5.76 Å². The van der Waals surface area contributed by atoms with Crippen molar-refractivity contribution < 1.29 is 14.4 Å². The number of aliphatic carboxylic acids is 1. The minimum Gasteiger partial charge on any atom is -0.481 e. The lowest BCUT2D eigenvalue weighted by atomic mass is 10.0. The highest BCUT2D eigenvalue weighted by molar-refractivity contribution is 9.10. The molecule has 1 aliphatic rings. The van der Waals surface area contributed by atoms with E-state index in [-0.39, 0.29) is 11.8 Å². The van der Waals surface area contributed by atoms with E-state index in [0.717, 1.165) is 21.3 Å². The molecule has 0 amide bonds. The van der Waals surface area contributed by atoms with E-state index in [1.165, 1.54) is 0 Å². The molecule has 2 unspecified atom stereocenters. The Morgan fingerprint density at radius 1 is 1.42 bits per heavy atom. The van der Waals surface area contributed by atoms with Crippen LogP contribution in [0.4, 0.5) is 0 Å². The van der Waals surface area contributed by atoms with Gasteiger partial charge in [-0.15, -0.1) is 0 Å². The number of carboxylic acids is 1. The second-order valence-electron chi connectivity index (χ2n) is 4.80. The lowest BCUT2D eigenvalue weighted by molar-refractivity contribution is -0.138. The Kier molecular flexibility index (Phi) is 2.93. The molecular weight excluding hydrogens is 310 g/mol. The first-order chi connectivity index (χ1) is 9.08. The highest BCUT2D eigenvalue weighted by Gasteiger charge is 2.47. The number of aromatic nitrogens is 1. The van der Waals surface area contributed by atoms with Crippen LogP contribution < -0.4 is 0 Å². The molecule has 1 fully saturated rings. The topological polar surface area (TPSA) is 63.3 Å². The van der Waals surface area contributed by atoms with Crippen LogP contribution >= 0.6 is 15.9 Å². The molecule has 0 aliphatic heterocycles. The van der Waals surface area contributed by atoms with Crippen molar-refractivity contribution in [2.45, 2.75) is 19.3 Å². The van der Waals surface area contributed by atoms with Crippen molar-refractivity contribution >= 4 is 21.9 Å². The van der Waals surface area contributed by atoms with Crippen molar-refractivity contribution in [3.8, 4) is 11.3 Å². The van der Waals surface area contributed by atoms with Crippen molar-refractivity contribution in [3.05, 3.63) is 40.0 Å². The third-order valence-corrected chi connectivity index (χ3v) is 4.02. The van der Waals surface area contributed by atoms with Crippen molar-refractivity contribution in [3.63, 3.8) is 0 Å². The smallest absolute Gasteiger partial charge is 0.307 e. The number of rotatable bonds is 3. The molecular formula is C14H12BrNO3. The Morgan fingerprint density at radius 2 is 2.11 bits per heavy atom. The minimum absolute atomic E-state index is 0.0300. The van der Waals surface area contributed by atoms with Gasteiger partial charge in [-0.05, 0) is 25.5 Å². The molecule has 3 rings (SSSR count). The van der Waals surface area contributed by atoms with Crippen LogP contribution in [0.3, 0.4) is 0 Å². The van der Waals surface area contributed by atoms with Crippen molar-refractivity contribution in [2.75, 3.05) is 0 Å². The average Bonchev–Trinajstić information content (AvgIpc) is 3.08. The quantitative estimate of drug-likeness (QED) is 0.938. The maximum absolute atomic E-state index is 11.0. The van der Waals surface area contributed by atoms with Crippen LogP contribution in [0.1, 0.15) is 23.6 Å². The normalized spacial score (nSPS) is 21.4. The van der Waals surface area contributed by atoms with Crippen LogP contribution in [0.25, 0.3) is 11.3 Å². The molecule has 4 nitrogen and oxygen atoms in total. The largest absolute Gasteiger partial charge is 0.481 e. The molecule has 19 heavy (non-hydrogen) atoms. The van der Waals surface area contributed by atoms with Crippen LogP contribution in [0.15, 0.2) is 33.3 Å². The second kappa shape index (κ2) is 4.49. The van der Waals surface area contributed by atoms with Gasteiger partial charge in [0.2, 0.25) is 0 Å². The van der Waals surface area contributed by atoms with Gasteiger partial charge >= 0.3 is 5.97 Å². The zero-order valence-corrected chi connectivity index (χ0v) is 11.8. The number of halogens is 1. The first kappa shape index (κ1) is 12.4. The average molecular weight is 322 g/mol. The molecule has 1 saturated carbocycles. The molecule has 2 aromatic rings. The molecule has 98 valence electrons. The number of nitrogens with zero attached hydrogens (tertiary/aromatic N) is 1. The molecule has 1 aromatic heterocycles. The SMILES string of the molecule is Cc1noc(-c2ccc(Br)cc2)c1C1CC1C(=O)O. The van der Waals surface area contributed by atoms with Crippen LogP contribution in [-0.4, -0.2) is 16.2 Å². The van der Waals surface area contributed by atoms with Crippen molar-refractivity contribution in [2.24, 2.45) is 5.92 Å². The third kappa shape index (κ3) is 2.18. The first-order valence-electron chi connectivity index (χ1n) is 6.03. The van der Waals surface area contributed by atoms with Gasteiger partial charge in [-0.3, -0.25) is 4.79 Å². The van der Waals surface area contributed by atoms with Crippen LogP contribution in [0, 0.1) is 12.8 Å². The Hall–Kier alpha value is -1.62. The van der Waals surface area contributed by atoms with Crippen LogP contribution in [0.2, 0.25) is 0 Å². The summed E-state index contributed by atoms with van der Waals surface area (Å²) < 4.78 is 6.38. The predicted octanol–water partition coefficient (Wildman–Crippen LogP) is 3.60. The summed E-state index contributed by atoms with van der Waals surface area (Å²) in [5.74, 6) is -0.319. The van der Waals surface area contributed by atoms with Gasteiger partial charge in [-0.1, -0.05) is 33.2 Å². The second-order valence-corrected chi connectivity index (χ2v) is 5.72. The summed E-state index contributed by atoms with van der Waals surface area (Å²) in [4.78, 5) is 11.0. The standard InChI is InChI=1S/C14H12BrNO3/c1-7-12(10-6-11(10)14(17)18)13(19-16-7)8-2-4-9(15)5-3-8/h2-5,10-11H,6H2,1H3,(H,17,18). The van der Waals surface area contributed by atoms with Gasteiger partial charge in [-0.25, -0.2) is 0 Å². The van der Waals surface area contributed by atoms with Gasteiger partial charge in [0, 0.05) is 21.5 Å². The summed E-state index contributed by atoms with van der Waals surface area (Å²) in [5.41, 5.74) is 2.65. The Balaban J connectivity index is 2.00. The molecule has 0 spiro atoms. The zero-order valence-electron chi connectivity index (χ0n) is 10.3. The monoisotopic (exact) mass is 321 g/mol. The van der Waals surface area contributed by atoms with Gasteiger partial charge in [0.25, 0.3) is 0 Å². The zero-order chi connectivity index (χ0) is 13.6. The van der Waals surface area contributed by atoms with Gasteiger partial charge in [-0.2, -0.15) is 0 Å². The number of carboxylic acid groups (broad SMARTS) is 1. The van der Waals surface area contributed by atoms with E-state index >= 15 is 0 Å². The van der Waals surface area contributed by atoms with E-state index in [9.17, 15) is 4.79 Å². The van der Waals surface area contributed by atoms with Gasteiger partial charge < -0.3 is 9.63 Å². The van der Waals surface area contributed by atoms with E-state index in [1.54, 1.807) is 0 Å². The molecule has 1 N–H and O–H groups in total. The summed E-state index contributed by atoms with van der Waals surface area (Å²) in [7, 11) is 0. The highest BCUT2D eigenvalue weighted by atomic mass is 79.9. The molecule has 1 aliphatic carbocycles. The number of hydrogen-bond acceptors (Lipinski definition) is 3. The van der Waals surface area contributed by atoms with Gasteiger partial charge in [0.05, 0.1) is 11.6 Å². The summed E-state index contributed by atoms with van der Waals surface area (Å²) >= 11 is 3.39. The van der Waals surface area contributed by atoms with Crippen molar-refractivity contribution in [1.29, 1.82) is 0 Å². The highest BCUT2D eigenvalue weighted by Crippen LogP contribution is 2.51. The van der Waals surface area contributed by atoms with E-state index in [0.29, 0.717) is 12.2 Å².